The third kappa shape index (κ3) is 5.65. The predicted octanol–water partition coefficient (Wildman–Crippen LogP) is 5.96. The average Bonchev–Trinajstić information content (AvgIpc) is 2.83. The van der Waals surface area contributed by atoms with Crippen molar-refractivity contribution >= 4 is 49.3 Å². The number of benzene rings is 3. The van der Waals surface area contributed by atoms with E-state index in [-0.39, 0.29) is 16.4 Å². The van der Waals surface area contributed by atoms with Crippen molar-refractivity contribution in [3.63, 3.8) is 0 Å². The van der Waals surface area contributed by atoms with Crippen LogP contribution in [0.15, 0.2) is 64.0 Å². The fourth-order valence-electron chi connectivity index (χ4n) is 3.01. The molecule has 3 aromatic rings. The fraction of sp³-hybridized carbons (Fsp3) is 0.125. The van der Waals surface area contributed by atoms with Crippen LogP contribution in [0.3, 0.4) is 0 Å². The Balaban J connectivity index is 2.00. The summed E-state index contributed by atoms with van der Waals surface area (Å²) in [6, 6.07) is 16.1. The van der Waals surface area contributed by atoms with Gasteiger partial charge < -0.3 is 18.4 Å². The molecule has 0 fully saturated rings. The minimum atomic E-state index is -4.15. The summed E-state index contributed by atoms with van der Waals surface area (Å²) in [5, 5.41) is 10.1. The lowest BCUT2D eigenvalue weighted by atomic mass is 10.0. The molecule has 0 radical (unpaired) electrons. The van der Waals surface area contributed by atoms with Gasteiger partial charge in [-0.2, -0.15) is 13.7 Å². The van der Waals surface area contributed by atoms with Gasteiger partial charge in [-0.1, -0.05) is 11.6 Å². The maximum Gasteiger partial charge on any atom is 0.339 e. The highest BCUT2D eigenvalue weighted by Crippen LogP contribution is 2.39. The number of nitriles is 1. The highest BCUT2D eigenvalue weighted by Gasteiger charge is 2.22. The Bertz CT molecular complexity index is 1380. The van der Waals surface area contributed by atoms with E-state index in [9.17, 15) is 13.7 Å². The summed E-state index contributed by atoms with van der Waals surface area (Å²) in [6.45, 7) is 0. The molecule has 0 aliphatic heterocycles. The number of hydrogen-bond acceptors (Lipinski definition) is 7. The van der Waals surface area contributed by atoms with E-state index in [0.717, 1.165) is 0 Å². The van der Waals surface area contributed by atoms with E-state index in [1.807, 2.05) is 0 Å². The Morgan fingerprint density at radius 2 is 1.59 bits per heavy atom. The highest BCUT2D eigenvalue weighted by molar-refractivity contribution is 9.10. The van der Waals surface area contributed by atoms with Crippen LogP contribution < -0.4 is 18.4 Å². The zero-order valence-corrected chi connectivity index (χ0v) is 21.5. The molecule has 0 unspecified atom stereocenters. The van der Waals surface area contributed by atoms with Gasteiger partial charge in [-0.05, 0) is 87.7 Å². The van der Waals surface area contributed by atoms with E-state index < -0.39 is 10.1 Å². The first kappa shape index (κ1) is 25.4. The van der Waals surface area contributed by atoms with Gasteiger partial charge >= 0.3 is 10.1 Å². The van der Waals surface area contributed by atoms with Crippen LogP contribution in [0.25, 0.3) is 11.6 Å². The lowest BCUT2D eigenvalue weighted by molar-refractivity contribution is 0.355. The predicted molar refractivity (Wildman–Crippen MR) is 133 cm³/mol. The van der Waals surface area contributed by atoms with Crippen LogP contribution in [0.1, 0.15) is 11.1 Å². The smallest absolute Gasteiger partial charge is 0.339 e. The number of ether oxygens (including phenoxy) is 3. The molecular formula is C24H19BrClNO6S. The van der Waals surface area contributed by atoms with E-state index in [1.165, 1.54) is 45.6 Å². The van der Waals surface area contributed by atoms with E-state index >= 15 is 0 Å². The molecule has 0 aliphatic rings. The number of halogens is 2. The van der Waals surface area contributed by atoms with Crippen molar-refractivity contribution in [1.29, 1.82) is 5.26 Å². The summed E-state index contributed by atoms with van der Waals surface area (Å²) in [4.78, 5) is -0.0601. The Labute approximate surface area is 211 Å². The van der Waals surface area contributed by atoms with Gasteiger partial charge in [0.15, 0.2) is 23.0 Å². The van der Waals surface area contributed by atoms with Crippen LogP contribution in [0.4, 0.5) is 0 Å². The largest absolute Gasteiger partial charge is 0.493 e. The maximum atomic E-state index is 12.7. The fourth-order valence-corrected chi connectivity index (χ4v) is 4.74. The second-order valence-corrected chi connectivity index (χ2v) is 9.60. The highest BCUT2D eigenvalue weighted by atomic mass is 79.9. The van der Waals surface area contributed by atoms with Crippen molar-refractivity contribution in [3.8, 4) is 29.1 Å². The van der Waals surface area contributed by atoms with Crippen LogP contribution in [-0.2, 0) is 10.1 Å². The van der Waals surface area contributed by atoms with Gasteiger partial charge in [0.2, 0.25) is 0 Å². The van der Waals surface area contributed by atoms with Crippen molar-refractivity contribution in [2.24, 2.45) is 0 Å². The summed E-state index contributed by atoms with van der Waals surface area (Å²) in [6.07, 6.45) is 1.63. The number of nitrogens with zero attached hydrogens (tertiary/aromatic N) is 1. The second kappa shape index (κ2) is 10.8. The molecule has 7 nitrogen and oxygen atoms in total. The van der Waals surface area contributed by atoms with Crippen LogP contribution in [0.2, 0.25) is 5.02 Å². The summed E-state index contributed by atoms with van der Waals surface area (Å²) < 4.78 is 47.0. The van der Waals surface area contributed by atoms with Crippen LogP contribution in [-0.4, -0.2) is 29.7 Å². The Kier molecular flexibility index (Phi) is 8.10. The van der Waals surface area contributed by atoms with Crippen molar-refractivity contribution in [2.75, 3.05) is 21.3 Å². The molecule has 0 spiro atoms. The maximum absolute atomic E-state index is 12.7. The molecule has 0 atom stereocenters. The Morgan fingerprint density at radius 3 is 2.18 bits per heavy atom. The summed E-state index contributed by atoms with van der Waals surface area (Å²) in [5.74, 6) is 1.15. The average molecular weight is 565 g/mol. The molecular weight excluding hydrogens is 546 g/mol. The molecule has 176 valence electrons. The first-order valence-electron chi connectivity index (χ1n) is 9.64. The zero-order valence-electron chi connectivity index (χ0n) is 18.3. The third-order valence-corrected chi connectivity index (χ3v) is 6.75. The molecule has 0 amide bonds. The quantitative estimate of drug-likeness (QED) is 0.189. The van der Waals surface area contributed by atoms with E-state index in [4.69, 9.17) is 30.0 Å². The summed E-state index contributed by atoms with van der Waals surface area (Å²) in [7, 11) is 0.277. The van der Waals surface area contributed by atoms with Gasteiger partial charge in [-0.25, -0.2) is 0 Å². The zero-order chi connectivity index (χ0) is 24.9. The molecule has 3 rings (SSSR count). The number of rotatable bonds is 8. The van der Waals surface area contributed by atoms with E-state index in [0.29, 0.717) is 37.7 Å². The van der Waals surface area contributed by atoms with E-state index in [1.54, 1.807) is 36.4 Å². The second-order valence-electron chi connectivity index (χ2n) is 6.77. The normalized spacial score (nSPS) is 11.5. The molecule has 34 heavy (non-hydrogen) atoms. The van der Waals surface area contributed by atoms with Crippen LogP contribution in [0.5, 0.6) is 23.0 Å². The van der Waals surface area contributed by atoms with Crippen LogP contribution >= 0.6 is 27.5 Å². The summed E-state index contributed by atoms with van der Waals surface area (Å²) in [5.41, 5.74) is 1.53. The van der Waals surface area contributed by atoms with Gasteiger partial charge in [-0.15, -0.1) is 0 Å². The van der Waals surface area contributed by atoms with Crippen molar-refractivity contribution in [1.82, 2.24) is 0 Å². The van der Waals surface area contributed by atoms with Crippen molar-refractivity contribution in [3.05, 3.63) is 75.2 Å². The monoisotopic (exact) mass is 563 g/mol. The lowest BCUT2D eigenvalue weighted by Gasteiger charge is -2.14. The molecule has 10 heteroatoms. The van der Waals surface area contributed by atoms with E-state index in [2.05, 4.69) is 22.0 Å². The minimum Gasteiger partial charge on any atom is -0.493 e. The molecule has 0 heterocycles. The molecule has 0 N–H and O–H groups in total. The first-order valence-corrected chi connectivity index (χ1v) is 12.2. The standard InChI is InChI=1S/C24H19BrClNO6S/c1-30-21-9-4-16(13-22(21)31-2)17(14-27)10-15-11-20(25)24(23(12-15)32-3)33-34(28,29)19-7-5-18(26)6-8-19/h4-13H,1-3H3/b17-10+. The lowest BCUT2D eigenvalue weighted by Crippen LogP contribution is -2.11. The Morgan fingerprint density at radius 1 is 0.941 bits per heavy atom. The topological polar surface area (TPSA) is 94.9 Å². The Hall–Kier alpha value is -3.19. The number of allylic oxidation sites excluding steroid dienone is 1. The molecule has 0 aliphatic carbocycles. The first-order chi connectivity index (χ1) is 16.2. The SMILES string of the molecule is COc1ccc(/C(C#N)=C/c2cc(Br)c(OS(=O)(=O)c3ccc(Cl)cc3)c(OC)c2)cc1OC. The number of hydrogen-bond donors (Lipinski definition) is 0. The molecule has 0 saturated carbocycles. The van der Waals surface area contributed by atoms with Gasteiger partial charge in [0.05, 0.1) is 37.4 Å². The van der Waals surface area contributed by atoms with Gasteiger partial charge in [-0.3, -0.25) is 0 Å². The molecule has 0 bridgehead atoms. The van der Waals surface area contributed by atoms with Crippen LogP contribution in [0, 0.1) is 11.3 Å². The minimum absolute atomic E-state index is 0.0285. The molecule has 0 saturated heterocycles. The summed E-state index contributed by atoms with van der Waals surface area (Å²) >= 11 is 9.18. The molecule has 3 aromatic carbocycles. The third-order valence-electron chi connectivity index (χ3n) is 4.67. The van der Waals surface area contributed by atoms with Crippen molar-refractivity contribution in [2.45, 2.75) is 4.90 Å². The van der Waals surface area contributed by atoms with Gasteiger partial charge in [0, 0.05) is 5.02 Å². The van der Waals surface area contributed by atoms with Gasteiger partial charge in [0.25, 0.3) is 0 Å². The number of methoxy groups -OCH3 is 3. The van der Waals surface area contributed by atoms with Crippen molar-refractivity contribution < 1.29 is 26.8 Å². The van der Waals surface area contributed by atoms with Gasteiger partial charge in [0.1, 0.15) is 4.90 Å². The molecule has 0 aromatic heterocycles.